The predicted molar refractivity (Wildman–Crippen MR) is 82.1 cm³/mol. The van der Waals surface area contributed by atoms with Gasteiger partial charge < -0.3 is 5.73 Å². The van der Waals surface area contributed by atoms with E-state index in [1.54, 1.807) is 13.0 Å². The van der Waals surface area contributed by atoms with Gasteiger partial charge in [0.25, 0.3) is 0 Å². The maximum atomic E-state index is 13.7. The van der Waals surface area contributed by atoms with Crippen molar-refractivity contribution in [2.24, 2.45) is 0 Å². The molecule has 0 fully saturated rings. The molecular weight excluding hydrogens is 271 g/mol. The lowest BCUT2D eigenvalue weighted by molar-refractivity contribution is 0.619. The van der Waals surface area contributed by atoms with E-state index in [0.29, 0.717) is 21.8 Å². The van der Waals surface area contributed by atoms with Crippen LogP contribution in [0, 0.1) is 12.7 Å². The van der Waals surface area contributed by atoms with Crippen molar-refractivity contribution < 1.29 is 4.39 Å². The molecule has 0 amide bonds. The quantitative estimate of drug-likeness (QED) is 0.752. The third-order valence-electron chi connectivity index (χ3n) is 3.12. The summed E-state index contributed by atoms with van der Waals surface area (Å²) >= 11 is 1.42. The van der Waals surface area contributed by atoms with Gasteiger partial charge in [0.1, 0.15) is 21.5 Å². The number of hydrogen-bond donors (Lipinski definition) is 1. The topological polar surface area (TPSA) is 38.9 Å². The third-order valence-corrected chi connectivity index (χ3v) is 4.05. The number of benzene rings is 2. The van der Waals surface area contributed by atoms with Crippen molar-refractivity contribution in [2.45, 2.75) is 6.92 Å². The molecule has 0 aliphatic carbocycles. The summed E-state index contributed by atoms with van der Waals surface area (Å²) in [6.07, 6.45) is 0. The minimum atomic E-state index is -0.240. The first kappa shape index (κ1) is 12.8. The van der Waals surface area contributed by atoms with Gasteiger partial charge in [-0.3, -0.25) is 0 Å². The lowest BCUT2D eigenvalue weighted by atomic mass is 10.1. The van der Waals surface area contributed by atoms with E-state index in [-0.39, 0.29) is 5.82 Å². The van der Waals surface area contributed by atoms with Crippen molar-refractivity contribution in [3.8, 4) is 21.8 Å². The van der Waals surface area contributed by atoms with Crippen LogP contribution in [0.25, 0.3) is 21.8 Å². The fourth-order valence-corrected chi connectivity index (χ4v) is 2.84. The molecule has 2 N–H and O–H groups in total. The molecule has 1 aromatic heterocycles. The first-order valence-corrected chi connectivity index (χ1v) is 7.05. The molecule has 2 nitrogen and oxygen atoms in total. The SMILES string of the molecule is Cc1ccc(-c2nc(-c3ccccc3)sc2N)cc1F. The second-order valence-corrected chi connectivity index (χ2v) is 5.59. The highest BCUT2D eigenvalue weighted by atomic mass is 32.1. The Labute approximate surface area is 120 Å². The van der Waals surface area contributed by atoms with Gasteiger partial charge in [0.15, 0.2) is 0 Å². The smallest absolute Gasteiger partial charge is 0.126 e. The summed E-state index contributed by atoms with van der Waals surface area (Å²) in [6.45, 7) is 1.74. The van der Waals surface area contributed by atoms with E-state index in [1.165, 1.54) is 17.4 Å². The lowest BCUT2D eigenvalue weighted by Gasteiger charge is -2.01. The lowest BCUT2D eigenvalue weighted by Crippen LogP contribution is -1.88. The van der Waals surface area contributed by atoms with Crippen LogP contribution in [0.2, 0.25) is 0 Å². The van der Waals surface area contributed by atoms with Gasteiger partial charge >= 0.3 is 0 Å². The molecule has 4 heteroatoms. The Bertz CT molecular complexity index is 750. The molecule has 0 saturated heterocycles. The maximum Gasteiger partial charge on any atom is 0.126 e. The Balaban J connectivity index is 2.07. The van der Waals surface area contributed by atoms with Gasteiger partial charge in [-0.2, -0.15) is 0 Å². The first-order valence-electron chi connectivity index (χ1n) is 6.23. The van der Waals surface area contributed by atoms with Gasteiger partial charge in [-0.05, 0) is 18.6 Å². The van der Waals surface area contributed by atoms with E-state index in [9.17, 15) is 4.39 Å². The zero-order valence-electron chi connectivity index (χ0n) is 10.9. The first-order chi connectivity index (χ1) is 9.65. The maximum absolute atomic E-state index is 13.7. The zero-order valence-corrected chi connectivity index (χ0v) is 11.7. The second kappa shape index (κ2) is 5.06. The minimum absolute atomic E-state index is 0.240. The molecule has 0 saturated carbocycles. The number of nitrogens with zero attached hydrogens (tertiary/aromatic N) is 1. The van der Waals surface area contributed by atoms with Crippen LogP contribution in [0.4, 0.5) is 9.39 Å². The Morgan fingerprint density at radius 1 is 1.05 bits per heavy atom. The molecule has 3 rings (SSSR count). The molecule has 0 radical (unpaired) electrons. The molecule has 20 heavy (non-hydrogen) atoms. The number of aromatic nitrogens is 1. The monoisotopic (exact) mass is 284 g/mol. The van der Waals surface area contributed by atoms with Crippen molar-refractivity contribution in [1.82, 2.24) is 4.98 Å². The molecule has 0 atom stereocenters. The predicted octanol–water partition coefficient (Wildman–Crippen LogP) is 4.51. The van der Waals surface area contributed by atoms with Crippen LogP contribution in [0.5, 0.6) is 0 Å². The second-order valence-electron chi connectivity index (χ2n) is 4.56. The number of thiazole rings is 1. The molecular formula is C16H13FN2S. The number of rotatable bonds is 2. The van der Waals surface area contributed by atoms with Crippen molar-refractivity contribution in [2.75, 3.05) is 5.73 Å². The summed E-state index contributed by atoms with van der Waals surface area (Å²) in [6, 6.07) is 14.9. The molecule has 0 aliphatic rings. The van der Waals surface area contributed by atoms with Crippen molar-refractivity contribution in [3.05, 3.63) is 59.9 Å². The highest BCUT2D eigenvalue weighted by Gasteiger charge is 2.13. The molecule has 2 aromatic carbocycles. The van der Waals surface area contributed by atoms with E-state index < -0.39 is 0 Å². The average Bonchev–Trinajstić information content (AvgIpc) is 2.85. The molecule has 1 heterocycles. The largest absolute Gasteiger partial charge is 0.389 e. The molecule has 0 spiro atoms. The number of halogens is 1. The van der Waals surface area contributed by atoms with Gasteiger partial charge in [-0.15, -0.1) is 0 Å². The summed E-state index contributed by atoms with van der Waals surface area (Å²) < 4.78 is 13.7. The fraction of sp³-hybridized carbons (Fsp3) is 0.0625. The Morgan fingerprint density at radius 3 is 2.50 bits per heavy atom. The average molecular weight is 284 g/mol. The van der Waals surface area contributed by atoms with Gasteiger partial charge in [0.05, 0.1) is 0 Å². The molecule has 3 aromatic rings. The van der Waals surface area contributed by atoms with Gasteiger partial charge in [-0.25, -0.2) is 9.37 Å². The van der Waals surface area contributed by atoms with Crippen molar-refractivity contribution in [3.63, 3.8) is 0 Å². The van der Waals surface area contributed by atoms with Gasteiger partial charge in [0.2, 0.25) is 0 Å². The minimum Gasteiger partial charge on any atom is -0.389 e. The van der Waals surface area contributed by atoms with E-state index in [1.807, 2.05) is 36.4 Å². The number of aryl methyl sites for hydroxylation is 1. The van der Waals surface area contributed by atoms with Crippen LogP contribution in [-0.4, -0.2) is 4.98 Å². The normalized spacial score (nSPS) is 10.7. The van der Waals surface area contributed by atoms with Crippen LogP contribution >= 0.6 is 11.3 Å². The Kier molecular flexibility index (Phi) is 3.24. The highest BCUT2D eigenvalue weighted by molar-refractivity contribution is 7.19. The third kappa shape index (κ3) is 2.30. The number of hydrogen-bond acceptors (Lipinski definition) is 3. The van der Waals surface area contributed by atoms with E-state index >= 15 is 0 Å². The summed E-state index contributed by atoms with van der Waals surface area (Å²) in [5, 5.41) is 1.45. The van der Waals surface area contributed by atoms with Gasteiger partial charge in [0, 0.05) is 11.1 Å². The van der Waals surface area contributed by atoms with Crippen LogP contribution in [0.3, 0.4) is 0 Å². The van der Waals surface area contributed by atoms with Crippen molar-refractivity contribution >= 4 is 16.3 Å². The van der Waals surface area contributed by atoms with Crippen LogP contribution in [0.1, 0.15) is 5.56 Å². The summed E-state index contributed by atoms with van der Waals surface area (Å²) in [5.74, 6) is -0.240. The summed E-state index contributed by atoms with van der Waals surface area (Å²) in [5.41, 5.74) is 9.02. The Morgan fingerprint density at radius 2 is 1.80 bits per heavy atom. The molecule has 100 valence electrons. The molecule has 0 unspecified atom stereocenters. The van der Waals surface area contributed by atoms with Crippen LogP contribution in [-0.2, 0) is 0 Å². The summed E-state index contributed by atoms with van der Waals surface area (Å²) in [4.78, 5) is 4.55. The molecule has 0 bridgehead atoms. The van der Waals surface area contributed by atoms with E-state index in [0.717, 1.165) is 10.6 Å². The zero-order chi connectivity index (χ0) is 14.1. The Hall–Kier alpha value is -2.20. The number of nitrogen functional groups attached to an aromatic ring is 1. The van der Waals surface area contributed by atoms with E-state index in [4.69, 9.17) is 5.73 Å². The molecule has 0 aliphatic heterocycles. The van der Waals surface area contributed by atoms with E-state index in [2.05, 4.69) is 4.98 Å². The number of nitrogens with two attached hydrogens (primary N) is 1. The standard InChI is InChI=1S/C16H13FN2S/c1-10-7-8-12(9-13(10)17)14-15(18)20-16(19-14)11-5-3-2-4-6-11/h2-9H,18H2,1H3. The van der Waals surface area contributed by atoms with Gasteiger partial charge in [-0.1, -0.05) is 53.8 Å². The highest BCUT2D eigenvalue weighted by Crippen LogP contribution is 2.36. The van der Waals surface area contributed by atoms with Crippen LogP contribution < -0.4 is 5.73 Å². The number of anilines is 1. The summed E-state index contributed by atoms with van der Waals surface area (Å²) in [7, 11) is 0. The van der Waals surface area contributed by atoms with Crippen LogP contribution in [0.15, 0.2) is 48.5 Å². The van der Waals surface area contributed by atoms with Crippen molar-refractivity contribution in [1.29, 1.82) is 0 Å². The fourth-order valence-electron chi connectivity index (χ4n) is 1.98.